The molecule has 0 aromatic carbocycles. The molecule has 9 heteroatoms. The highest BCUT2D eigenvalue weighted by Crippen LogP contribution is 2.24. The largest absolute Gasteiger partial charge is 0.374 e. The zero-order valence-electron chi connectivity index (χ0n) is 11.0. The maximum atomic E-state index is 5.53. The van der Waals surface area contributed by atoms with Crippen LogP contribution >= 0.6 is 23.1 Å². The SMILES string of the molecule is Nc1nnc(SCCCc2nc(-c3ccncc3)no2)s1. The van der Waals surface area contributed by atoms with Gasteiger partial charge in [-0.1, -0.05) is 28.3 Å². The average molecular weight is 320 g/mol. The highest BCUT2D eigenvalue weighted by atomic mass is 32.2. The van der Waals surface area contributed by atoms with Gasteiger partial charge in [0, 0.05) is 30.1 Å². The number of nitrogen functional groups attached to an aromatic ring is 1. The first kappa shape index (κ1) is 14.0. The van der Waals surface area contributed by atoms with Crippen molar-refractivity contribution in [3.8, 4) is 11.4 Å². The molecule has 2 N–H and O–H groups in total. The Labute approximate surface area is 129 Å². The lowest BCUT2D eigenvalue weighted by molar-refractivity contribution is 0.378. The summed E-state index contributed by atoms with van der Waals surface area (Å²) in [6, 6.07) is 3.70. The molecule has 3 aromatic heterocycles. The molecule has 0 aliphatic heterocycles. The summed E-state index contributed by atoms with van der Waals surface area (Å²) in [6.45, 7) is 0. The minimum absolute atomic E-state index is 0.497. The number of aromatic nitrogens is 5. The van der Waals surface area contributed by atoms with Crippen molar-refractivity contribution in [2.75, 3.05) is 11.5 Å². The Kier molecular flexibility index (Phi) is 4.41. The second kappa shape index (κ2) is 6.64. The molecule has 3 rings (SSSR count). The van der Waals surface area contributed by atoms with E-state index in [1.807, 2.05) is 12.1 Å². The average Bonchev–Trinajstić information content (AvgIpc) is 3.14. The van der Waals surface area contributed by atoms with E-state index in [0.29, 0.717) is 16.8 Å². The fourth-order valence-corrected chi connectivity index (χ4v) is 3.28. The summed E-state index contributed by atoms with van der Waals surface area (Å²) >= 11 is 3.03. The van der Waals surface area contributed by atoms with Crippen molar-refractivity contribution >= 4 is 28.2 Å². The van der Waals surface area contributed by atoms with E-state index in [-0.39, 0.29) is 0 Å². The van der Waals surface area contributed by atoms with E-state index in [9.17, 15) is 0 Å². The van der Waals surface area contributed by atoms with Crippen LogP contribution in [0.3, 0.4) is 0 Å². The maximum Gasteiger partial charge on any atom is 0.226 e. The third-order valence-corrected chi connectivity index (χ3v) is 4.56. The highest BCUT2D eigenvalue weighted by molar-refractivity contribution is 8.01. The Balaban J connectivity index is 1.49. The molecule has 3 heterocycles. The Hall–Kier alpha value is -2.00. The van der Waals surface area contributed by atoms with E-state index in [4.69, 9.17) is 10.3 Å². The van der Waals surface area contributed by atoms with Gasteiger partial charge in [0.05, 0.1) is 0 Å². The second-order valence-corrected chi connectivity index (χ2v) is 6.46. The van der Waals surface area contributed by atoms with E-state index in [1.165, 1.54) is 11.3 Å². The van der Waals surface area contributed by atoms with Crippen molar-refractivity contribution in [1.82, 2.24) is 25.3 Å². The number of nitrogens with zero attached hydrogens (tertiary/aromatic N) is 5. The minimum atomic E-state index is 0.497. The monoisotopic (exact) mass is 320 g/mol. The van der Waals surface area contributed by atoms with Gasteiger partial charge in [-0.05, 0) is 18.6 Å². The summed E-state index contributed by atoms with van der Waals surface area (Å²) in [7, 11) is 0. The van der Waals surface area contributed by atoms with Crippen molar-refractivity contribution in [3.63, 3.8) is 0 Å². The normalized spacial score (nSPS) is 10.9. The first-order valence-corrected chi connectivity index (χ1v) is 8.06. The molecule has 21 heavy (non-hydrogen) atoms. The number of thioether (sulfide) groups is 1. The lowest BCUT2D eigenvalue weighted by atomic mass is 10.2. The molecular formula is C12H12N6OS2. The van der Waals surface area contributed by atoms with Gasteiger partial charge < -0.3 is 10.3 Å². The molecule has 0 aliphatic rings. The van der Waals surface area contributed by atoms with Crippen LogP contribution in [0.2, 0.25) is 0 Å². The van der Waals surface area contributed by atoms with Crippen LogP contribution in [0.25, 0.3) is 11.4 Å². The Morgan fingerprint density at radius 3 is 2.86 bits per heavy atom. The van der Waals surface area contributed by atoms with Crippen LogP contribution in [-0.4, -0.2) is 31.1 Å². The first-order chi connectivity index (χ1) is 10.3. The molecule has 108 valence electrons. The number of pyridine rings is 1. The van der Waals surface area contributed by atoms with Crippen LogP contribution in [0.1, 0.15) is 12.3 Å². The lowest BCUT2D eigenvalue weighted by Gasteiger charge is -1.94. The number of anilines is 1. The van der Waals surface area contributed by atoms with Gasteiger partial charge in [-0.25, -0.2) is 0 Å². The maximum absolute atomic E-state index is 5.53. The Morgan fingerprint density at radius 2 is 2.10 bits per heavy atom. The predicted octanol–water partition coefficient (Wildman–Crippen LogP) is 2.29. The van der Waals surface area contributed by atoms with Crippen molar-refractivity contribution in [2.45, 2.75) is 17.2 Å². The van der Waals surface area contributed by atoms with Gasteiger partial charge in [0.2, 0.25) is 16.8 Å². The van der Waals surface area contributed by atoms with E-state index in [2.05, 4.69) is 25.3 Å². The van der Waals surface area contributed by atoms with E-state index < -0.39 is 0 Å². The number of aryl methyl sites for hydroxylation is 1. The van der Waals surface area contributed by atoms with E-state index in [1.54, 1.807) is 24.2 Å². The molecule has 0 atom stereocenters. The van der Waals surface area contributed by atoms with Crippen molar-refractivity contribution in [3.05, 3.63) is 30.4 Å². The number of hydrogen-bond donors (Lipinski definition) is 1. The summed E-state index contributed by atoms with van der Waals surface area (Å²) in [5, 5.41) is 12.2. The number of hydrogen-bond acceptors (Lipinski definition) is 9. The number of nitrogens with two attached hydrogens (primary N) is 1. The van der Waals surface area contributed by atoms with Gasteiger partial charge in [0.15, 0.2) is 4.34 Å². The first-order valence-electron chi connectivity index (χ1n) is 6.26. The Morgan fingerprint density at radius 1 is 1.24 bits per heavy atom. The smallest absolute Gasteiger partial charge is 0.226 e. The quantitative estimate of drug-likeness (QED) is 0.545. The minimum Gasteiger partial charge on any atom is -0.374 e. The van der Waals surface area contributed by atoms with E-state index in [0.717, 1.165) is 28.5 Å². The van der Waals surface area contributed by atoms with Crippen molar-refractivity contribution < 1.29 is 4.52 Å². The molecule has 0 aliphatic carbocycles. The highest BCUT2D eigenvalue weighted by Gasteiger charge is 2.08. The summed E-state index contributed by atoms with van der Waals surface area (Å²) in [5.74, 6) is 2.14. The summed E-state index contributed by atoms with van der Waals surface area (Å²) in [6.07, 6.45) is 5.06. The molecule has 3 aromatic rings. The van der Waals surface area contributed by atoms with Crippen LogP contribution in [0.15, 0.2) is 33.4 Å². The fourth-order valence-electron chi connectivity index (χ4n) is 1.64. The van der Waals surface area contributed by atoms with Crippen molar-refractivity contribution in [1.29, 1.82) is 0 Å². The van der Waals surface area contributed by atoms with E-state index >= 15 is 0 Å². The molecule has 0 saturated heterocycles. The molecule has 7 nitrogen and oxygen atoms in total. The van der Waals surface area contributed by atoms with Gasteiger partial charge in [0.25, 0.3) is 0 Å². The van der Waals surface area contributed by atoms with Gasteiger partial charge in [0.1, 0.15) is 0 Å². The van der Waals surface area contributed by atoms with Crippen LogP contribution in [0.4, 0.5) is 5.13 Å². The van der Waals surface area contributed by atoms with Gasteiger partial charge in [-0.2, -0.15) is 4.98 Å². The molecule has 0 bridgehead atoms. The molecular weight excluding hydrogens is 308 g/mol. The van der Waals surface area contributed by atoms with Crippen LogP contribution in [0.5, 0.6) is 0 Å². The molecule has 0 saturated carbocycles. The molecule has 0 amide bonds. The molecule has 0 radical (unpaired) electrons. The van der Waals surface area contributed by atoms with Gasteiger partial charge in [-0.3, -0.25) is 4.98 Å². The van der Waals surface area contributed by atoms with Crippen LogP contribution < -0.4 is 5.73 Å². The fraction of sp³-hybridized carbons (Fsp3) is 0.250. The second-order valence-electron chi connectivity index (χ2n) is 4.11. The molecule has 0 spiro atoms. The van der Waals surface area contributed by atoms with Gasteiger partial charge >= 0.3 is 0 Å². The standard InChI is InChI=1S/C12H12N6OS2/c13-11-16-17-12(21-11)20-7-1-2-9-15-10(18-19-9)8-3-5-14-6-4-8/h3-6H,1-2,7H2,(H2,13,16). The summed E-state index contributed by atoms with van der Waals surface area (Å²) in [4.78, 5) is 8.33. The molecule has 0 fully saturated rings. The van der Waals surface area contributed by atoms with Crippen LogP contribution in [0, 0.1) is 0 Å². The predicted molar refractivity (Wildman–Crippen MR) is 80.9 cm³/mol. The van der Waals surface area contributed by atoms with Gasteiger partial charge in [-0.15, -0.1) is 10.2 Å². The van der Waals surface area contributed by atoms with Crippen molar-refractivity contribution in [2.24, 2.45) is 0 Å². The molecule has 0 unspecified atom stereocenters. The summed E-state index contributed by atoms with van der Waals surface area (Å²) in [5.41, 5.74) is 6.43. The zero-order chi connectivity index (χ0) is 14.5. The lowest BCUT2D eigenvalue weighted by Crippen LogP contribution is -1.88. The third kappa shape index (κ3) is 3.76. The Bertz CT molecular complexity index is 699. The number of rotatable bonds is 6. The summed E-state index contributed by atoms with van der Waals surface area (Å²) < 4.78 is 6.12. The third-order valence-electron chi connectivity index (χ3n) is 2.59. The zero-order valence-corrected chi connectivity index (χ0v) is 12.6. The topological polar surface area (TPSA) is 104 Å². The van der Waals surface area contributed by atoms with Crippen LogP contribution in [-0.2, 0) is 6.42 Å².